The van der Waals surface area contributed by atoms with E-state index in [4.69, 9.17) is 4.74 Å². The smallest absolute Gasteiger partial charge is 0.251 e. The number of rotatable bonds is 4. The van der Waals surface area contributed by atoms with Crippen LogP contribution in [0.25, 0.3) is 0 Å². The van der Waals surface area contributed by atoms with Crippen LogP contribution in [-0.2, 0) is 9.53 Å². The Morgan fingerprint density at radius 1 is 1.79 bits per heavy atom. The van der Waals surface area contributed by atoms with E-state index in [1.807, 2.05) is 13.8 Å². The first-order chi connectivity index (χ1) is 6.59. The summed E-state index contributed by atoms with van der Waals surface area (Å²) in [6.45, 7) is 3.79. The van der Waals surface area contributed by atoms with Gasteiger partial charge in [0, 0.05) is 0 Å². The molecule has 0 saturated heterocycles. The molecule has 1 heterocycles. The first-order valence-corrected chi connectivity index (χ1v) is 4.99. The van der Waals surface area contributed by atoms with Gasteiger partial charge in [0.05, 0.1) is 16.8 Å². The van der Waals surface area contributed by atoms with Crippen LogP contribution in [0.3, 0.4) is 0 Å². The van der Waals surface area contributed by atoms with Crippen LogP contribution >= 0.6 is 15.9 Å². The Kier molecular flexibility index (Phi) is 4.09. The molecule has 1 rings (SSSR count). The van der Waals surface area contributed by atoms with E-state index in [1.54, 1.807) is 6.20 Å². The molecule has 2 N–H and O–H groups in total. The molecule has 0 atom stereocenters. The molecule has 1 aromatic heterocycles. The molecule has 14 heavy (non-hydrogen) atoms. The van der Waals surface area contributed by atoms with Gasteiger partial charge in [0.1, 0.15) is 12.4 Å². The second-order valence-electron chi connectivity index (χ2n) is 3.00. The van der Waals surface area contributed by atoms with Crippen LogP contribution in [0.15, 0.2) is 10.7 Å². The highest BCUT2D eigenvalue weighted by atomic mass is 79.9. The fraction of sp³-hybridized carbons (Fsp3) is 0.500. The molecule has 0 aliphatic heterocycles. The normalized spacial score (nSPS) is 10.6. The van der Waals surface area contributed by atoms with E-state index >= 15 is 0 Å². The monoisotopic (exact) mass is 261 g/mol. The van der Waals surface area contributed by atoms with E-state index in [2.05, 4.69) is 31.4 Å². The largest absolute Gasteiger partial charge is 0.369 e. The summed E-state index contributed by atoms with van der Waals surface area (Å²) in [4.78, 5) is 11.3. The number of hydrogen-bond donors (Lipinski definition) is 2. The first kappa shape index (κ1) is 11.2. The van der Waals surface area contributed by atoms with Gasteiger partial charge in [-0.3, -0.25) is 9.89 Å². The van der Waals surface area contributed by atoms with Gasteiger partial charge in [-0.25, -0.2) is 0 Å². The van der Waals surface area contributed by atoms with Crippen molar-refractivity contribution >= 4 is 27.7 Å². The van der Waals surface area contributed by atoms with Gasteiger partial charge >= 0.3 is 0 Å². The Morgan fingerprint density at radius 2 is 2.50 bits per heavy atom. The van der Waals surface area contributed by atoms with E-state index in [0.717, 1.165) is 4.47 Å². The maximum Gasteiger partial charge on any atom is 0.251 e. The molecular weight excluding hydrogens is 250 g/mol. The maximum atomic E-state index is 11.3. The number of amides is 1. The number of aromatic amines is 1. The van der Waals surface area contributed by atoms with Gasteiger partial charge in [-0.1, -0.05) is 0 Å². The number of anilines is 1. The zero-order valence-electron chi connectivity index (χ0n) is 8.00. The predicted molar refractivity (Wildman–Crippen MR) is 56.0 cm³/mol. The van der Waals surface area contributed by atoms with Crippen LogP contribution in [0.4, 0.5) is 5.82 Å². The van der Waals surface area contributed by atoms with Crippen molar-refractivity contribution in [1.82, 2.24) is 10.2 Å². The average molecular weight is 262 g/mol. The summed E-state index contributed by atoms with van der Waals surface area (Å²) in [7, 11) is 0. The lowest BCUT2D eigenvalue weighted by Crippen LogP contribution is -2.21. The van der Waals surface area contributed by atoms with Crippen molar-refractivity contribution < 1.29 is 9.53 Å². The molecule has 0 spiro atoms. The van der Waals surface area contributed by atoms with Crippen LogP contribution in [0, 0.1) is 0 Å². The van der Waals surface area contributed by atoms with Crippen molar-refractivity contribution in [3.63, 3.8) is 0 Å². The van der Waals surface area contributed by atoms with E-state index in [9.17, 15) is 4.79 Å². The number of nitrogens with one attached hydrogen (secondary N) is 2. The number of aromatic nitrogens is 2. The Balaban J connectivity index is 2.38. The number of halogens is 1. The molecule has 0 aliphatic carbocycles. The molecule has 0 unspecified atom stereocenters. The minimum atomic E-state index is -0.205. The molecule has 0 radical (unpaired) electrons. The fourth-order valence-corrected chi connectivity index (χ4v) is 1.07. The quantitative estimate of drug-likeness (QED) is 0.864. The Morgan fingerprint density at radius 3 is 3.00 bits per heavy atom. The van der Waals surface area contributed by atoms with Gasteiger partial charge < -0.3 is 10.1 Å². The second kappa shape index (κ2) is 5.11. The minimum Gasteiger partial charge on any atom is -0.369 e. The summed E-state index contributed by atoms with van der Waals surface area (Å²) < 4.78 is 5.85. The Hall–Kier alpha value is -0.880. The number of H-pyrrole nitrogens is 1. The summed E-state index contributed by atoms with van der Waals surface area (Å²) in [6.07, 6.45) is 1.62. The SMILES string of the molecule is CC(C)OCC(=O)Nc1[nH]ncc1Br. The molecule has 5 nitrogen and oxygen atoms in total. The standard InChI is InChI=1S/C8H12BrN3O2/c1-5(2)14-4-7(13)11-8-6(9)3-10-12-8/h3,5H,4H2,1-2H3,(H2,10,11,12,13). The summed E-state index contributed by atoms with van der Waals surface area (Å²) in [6, 6.07) is 0. The third kappa shape index (κ3) is 3.47. The molecule has 1 amide bonds. The lowest BCUT2D eigenvalue weighted by Gasteiger charge is -2.07. The number of hydrogen-bond acceptors (Lipinski definition) is 3. The van der Waals surface area contributed by atoms with E-state index in [-0.39, 0.29) is 18.6 Å². The summed E-state index contributed by atoms with van der Waals surface area (Å²) in [5, 5.41) is 9.00. The van der Waals surface area contributed by atoms with Crippen LogP contribution in [0.1, 0.15) is 13.8 Å². The maximum absolute atomic E-state index is 11.3. The van der Waals surface area contributed by atoms with Gasteiger partial charge in [0.15, 0.2) is 0 Å². The molecule has 0 aromatic carbocycles. The Bertz CT molecular complexity index is 311. The number of ether oxygens (including phenoxy) is 1. The van der Waals surface area contributed by atoms with E-state index in [1.165, 1.54) is 0 Å². The summed E-state index contributed by atoms with van der Waals surface area (Å²) in [5.41, 5.74) is 0. The second-order valence-corrected chi connectivity index (χ2v) is 3.86. The van der Waals surface area contributed by atoms with Gasteiger partial charge in [0.25, 0.3) is 5.91 Å². The van der Waals surface area contributed by atoms with E-state index < -0.39 is 0 Å². The highest BCUT2D eigenvalue weighted by Gasteiger charge is 2.07. The van der Waals surface area contributed by atoms with Gasteiger partial charge in [-0.2, -0.15) is 5.10 Å². The number of nitrogens with zero attached hydrogens (tertiary/aromatic N) is 1. The third-order valence-corrected chi connectivity index (χ3v) is 2.01. The van der Waals surface area contributed by atoms with Crippen molar-refractivity contribution in [2.75, 3.05) is 11.9 Å². The van der Waals surface area contributed by atoms with Crippen LogP contribution in [0.2, 0.25) is 0 Å². The molecular formula is C8H12BrN3O2. The molecule has 0 fully saturated rings. The summed E-state index contributed by atoms with van der Waals surface area (Å²) >= 11 is 3.23. The third-order valence-electron chi connectivity index (χ3n) is 1.41. The van der Waals surface area contributed by atoms with Gasteiger partial charge in [0.2, 0.25) is 0 Å². The zero-order chi connectivity index (χ0) is 10.6. The highest BCUT2D eigenvalue weighted by molar-refractivity contribution is 9.10. The highest BCUT2D eigenvalue weighted by Crippen LogP contribution is 2.17. The number of carbonyl (C=O) groups is 1. The van der Waals surface area contributed by atoms with Gasteiger partial charge in [-0.15, -0.1) is 0 Å². The Labute approximate surface area is 90.3 Å². The van der Waals surface area contributed by atoms with Gasteiger partial charge in [-0.05, 0) is 29.8 Å². The average Bonchev–Trinajstić information content (AvgIpc) is 2.49. The lowest BCUT2D eigenvalue weighted by molar-refractivity contribution is -0.121. The van der Waals surface area contributed by atoms with Crippen molar-refractivity contribution in [2.45, 2.75) is 20.0 Å². The molecule has 0 saturated carbocycles. The molecule has 78 valence electrons. The van der Waals surface area contributed by atoms with Crippen LogP contribution in [-0.4, -0.2) is 28.8 Å². The first-order valence-electron chi connectivity index (χ1n) is 4.20. The fourth-order valence-electron chi connectivity index (χ4n) is 0.777. The molecule has 0 aliphatic rings. The van der Waals surface area contributed by atoms with Crippen LogP contribution < -0.4 is 5.32 Å². The number of carbonyl (C=O) groups excluding carboxylic acids is 1. The predicted octanol–water partition coefficient (Wildman–Crippen LogP) is 1.54. The van der Waals surface area contributed by atoms with E-state index in [0.29, 0.717) is 5.82 Å². The minimum absolute atomic E-state index is 0.0448. The molecule has 1 aromatic rings. The summed E-state index contributed by atoms with van der Waals surface area (Å²) in [5.74, 6) is 0.339. The molecule has 6 heteroatoms. The topological polar surface area (TPSA) is 67.0 Å². The molecule has 0 bridgehead atoms. The zero-order valence-corrected chi connectivity index (χ0v) is 9.59. The van der Waals surface area contributed by atoms with Crippen molar-refractivity contribution in [1.29, 1.82) is 0 Å². The van der Waals surface area contributed by atoms with Crippen molar-refractivity contribution in [3.8, 4) is 0 Å². The van der Waals surface area contributed by atoms with Crippen molar-refractivity contribution in [2.24, 2.45) is 0 Å². The lowest BCUT2D eigenvalue weighted by atomic mass is 10.5. The van der Waals surface area contributed by atoms with Crippen LogP contribution in [0.5, 0.6) is 0 Å². The van der Waals surface area contributed by atoms with Crippen molar-refractivity contribution in [3.05, 3.63) is 10.7 Å².